The molecule has 22 heavy (non-hydrogen) atoms. The molecule has 126 valence electrons. The predicted octanol–water partition coefficient (Wildman–Crippen LogP) is 1.69. The van der Waals surface area contributed by atoms with Crippen LogP contribution >= 0.6 is 0 Å². The summed E-state index contributed by atoms with van der Waals surface area (Å²) >= 11 is 0. The third kappa shape index (κ3) is 6.64. The molecule has 0 aromatic heterocycles. The Morgan fingerprint density at radius 3 is 2.27 bits per heavy atom. The first-order valence-electron chi connectivity index (χ1n) is 8.34. The van der Waals surface area contributed by atoms with E-state index in [0.717, 1.165) is 32.1 Å². The van der Waals surface area contributed by atoms with Crippen molar-refractivity contribution in [3.8, 4) is 0 Å². The van der Waals surface area contributed by atoms with Crippen LogP contribution in [0.4, 0.5) is 4.79 Å². The highest BCUT2D eigenvalue weighted by Gasteiger charge is 2.27. The van der Waals surface area contributed by atoms with Gasteiger partial charge in [0.1, 0.15) is 5.60 Å². The highest BCUT2D eigenvalue weighted by atomic mass is 16.6. The number of amides is 2. The van der Waals surface area contributed by atoms with Gasteiger partial charge in [0.05, 0.1) is 0 Å². The molecule has 0 aromatic rings. The second-order valence-electron chi connectivity index (χ2n) is 7.40. The highest BCUT2D eigenvalue weighted by Crippen LogP contribution is 2.20. The van der Waals surface area contributed by atoms with Crippen molar-refractivity contribution in [1.82, 2.24) is 16.0 Å². The molecular formula is C16H29N3O3. The molecule has 0 spiro atoms. The van der Waals surface area contributed by atoms with Crippen molar-refractivity contribution in [1.29, 1.82) is 0 Å². The lowest BCUT2D eigenvalue weighted by atomic mass is 10.2. The Bertz CT molecular complexity index is 402. The fraction of sp³-hybridized carbons (Fsp3) is 0.875. The molecule has 2 amide bonds. The van der Waals surface area contributed by atoms with Gasteiger partial charge in [-0.2, -0.15) is 0 Å². The summed E-state index contributed by atoms with van der Waals surface area (Å²) in [5, 5.41) is 9.31. The summed E-state index contributed by atoms with van der Waals surface area (Å²) in [4.78, 5) is 23.3. The van der Waals surface area contributed by atoms with Crippen LogP contribution in [0.15, 0.2) is 0 Å². The van der Waals surface area contributed by atoms with Gasteiger partial charge in [-0.25, -0.2) is 4.79 Å². The average Bonchev–Trinajstić information content (AvgIpc) is 3.06. The van der Waals surface area contributed by atoms with Crippen molar-refractivity contribution in [3.05, 3.63) is 0 Å². The number of nitrogens with one attached hydrogen (secondary N) is 3. The SMILES string of the molecule is CC(C)(C)OC(=O)NC1CCC(NCCC(=O)NC2CC2)C1. The van der Waals surface area contributed by atoms with Crippen molar-refractivity contribution in [3.63, 3.8) is 0 Å². The van der Waals surface area contributed by atoms with Gasteiger partial charge in [-0.3, -0.25) is 4.79 Å². The summed E-state index contributed by atoms with van der Waals surface area (Å²) in [5.41, 5.74) is -0.463. The number of carbonyl (C=O) groups is 2. The maximum absolute atomic E-state index is 11.7. The molecular weight excluding hydrogens is 282 g/mol. The van der Waals surface area contributed by atoms with E-state index >= 15 is 0 Å². The zero-order chi connectivity index (χ0) is 16.2. The molecule has 0 aliphatic heterocycles. The molecule has 2 fully saturated rings. The Balaban J connectivity index is 1.56. The second kappa shape index (κ2) is 7.31. The van der Waals surface area contributed by atoms with E-state index in [1.54, 1.807) is 0 Å². The van der Waals surface area contributed by atoms with Gasteiger partial charge in [-0.15, -0.1) is 0 Å². The fourth-order valence-corrected chi connectivity index (χ4v) is 2.69. The van der Waals surface area contributed by atoms with Gasteiger partial charge in [-0.05, 0) is 52.9 Å². The molecule has 2 atom stereocenters. The van der Waals surface area contributed by atoms with E-state index in [2.05, 4.69) is 16.0 Å². The minimum atomic E-state index is -0.463. The molecule has 0 aromatic carbocycles. The van der Waals surface area contributed by atoms with Crippen LogP contribution in [-0.2, 0) is 9.53 Å². The molecule has 2 aliphatic carbocycles. The number of carbonyl (C=O) groups excluding carboxylic acids is 2. The molecule has 0 heterocycles. The van der Waals surface area contributed by atoms with Crippen LogP contribution in [0.25, 0.3) is 0 Å². The molecule has 0 radical (unpaired) electrons. The normalized spacial score (nSPS) is 24.9. The molecule has 2 aliphatic rings. The third-order valence-electron chi connectivity index (χ3n) is 3.88. The summed E-state index contributed by atoms with van der Waals surface area (Å²) in [7, 11) is 0. The van der Waals surface area contributed by atoms with Gasteiger partial charge >= 0.3 is 6.09 Å². The van der Waals surface area contributed by atoms with Crippen LogP contribution in [0.3, 0.4) is 0 Å². The average molecular weight is 311 g/mol. The molecule has 0 saturated heterocycles. The zero-order valence-electron chi connectivity index (χ0n) is 13.9. The monoisotopic (exact) mass is 311 g/mol. The Morgan fingerprint density at radius 2 is 1.64 bits per heavy atom. The maximum atomic E-state index is 11.7. The van der Waals surface area contributed by atoms with Gasteiger partial charge in [0.2, 0.25) is 5.91 Å². The fourth-order valence-electron chi connectivity index (χ4n) is 2.69. The van der Waals surface area contributed by atoms with Gasteiger partial charge in [0.25, 0.3) is 0 Å². The summed E-state index contributed by atoms with van der Waals surface area (Å²) in [6.07, 6.45) is 5.29. The standard InChI is InChI=1S/C16H29N3O3/c1-16(2,3)22-15(21)19-13-7-6-12(10-13)17-9-8-14(20)18-11-4-5-11/h11-13,17H,4-10H2,1-3H3,(H,18,20)(H,19,21). The van der Waals surface area contributed by atoms with Gasteiger partial charge in [0.15, 0.2) is 0 Å². The molecule has 3 N–H and O–H groups in total. The van der Waals surface area contributed by atoms with Crippen LogP contribution in [-0.4, -0.2) is 42.3 Å². The first kappa shape index (κ1) is 17.1. The molecule has 6 nitrogen and oxygen atoms in total. The molecule has 2 saturated carbocycles. The van der Waals surface area contributed by atoms with Crippen LogP contribution in [0.1, 0.15) is 59.3 Å². The lowest BCUT2D eigenvalue weighted by Gasteiger charge is -2.21. The first-order valence-corrected chi connectivity index (χ1v) is 8.34. The predicted molar refractivity (Wildman–Crippen MR) is 84.6 cm³/mol. The highest BCUT2D eigenvalue weighted by molar-refractivity contribution is 5.76. The summed E-state index contributed by atoms with van der Waals surface area (Å²) in [5.74, 6) is 0.136. The van der Waals surface area contributed by atoms with E-state index < -0.39 is 5.60 Å². The van der Waals surface area contributed by atoms with Crippen LogP contribution < -0.4 is 16.0 Å². The van der Waals surface area contributed by atoms with E-state index in [0.29, 0.717) is 25.0 Å². The summed E-state index contributed by atoms with van der Waals surface area (Å²) < 4.78 is 5.27. The van der Waals surface area contributed by atoms with E-state index in [1.165, 1.54) is 0 Å². The van der Waals surface area contributed by atoms with E-state index in [4.69, 9.17) is 4.74 Å². The second-order valence-corrected chi connectivity index (χ2v) is 7.40. The number of alkyl carbamates (subject to hydrolysis) is 1. The van der Waals surface area contributed by atoms with Crippen molar-refractivity contribution in [2.24, 2.45) is 0 Å². The van der Waals surface area contributed by atoms with E-state index in [9.17, 15) is 9.59 Å². The zero-order valence-corrected chi connectivity index (χ0v) is 13.9. The minimum Gasteiger partial charge on any atom is -0.444 e. The summed E-state index contributed by atoms with van der Waals surface area (Å²) in [6.45, 7) is 6.27. The largest absolute Gasteiger partial charge is 0.444 e. The molecule has 0 bridgehead atoms. The molecule has 2 rings (SSSR count). The van der Waals surface area contributed by atoms with Crippen LogP contribution in [0.5, 0.6) is 0 Å². The Morgan fingerprint density at radius 1 is 1.00 bits per heavy atom. The first-order chi connectivity index (χ1) is 10.3. The number of rotatable bonds is 6. The van der Waals surface area contributed by atoms with E-state index in [1.807, 2.05) is 20.8 Å². The minimum absolute atomic E-state index is 0.136. The third-order valence-corrected chi connectivity index (χ3v) is 3.88. The quantitative estimate of drug-likeness (QED) is 0.697. The number of hydrogen-bond donors (Lipinski definition) is 3. The number of ether oxygens (including phenoxy) is 1. The Labute approximate surface area is 132 Å². The van der Waals surface area contributed by atoms with Gasteiger partial charge < -0.3 is 20.7 Å². The smallest absolute Gasteiger partial charge is 0.407 e. The van der Waals surface area contributed by atoms with Crippen molar-refractivity contribution < 1.29 is 14.3 Å². The van der Waals surface area contributed by atoms with Gasteiger partial charge in [-0.1, -0.05) is 0 Å². The Kier molecular flexibility index (Phi) is 5.67. The van der Waals surface area contributed by atoms with Crippen LogP contribution in [0.2, 0.25) is 0 Å². The number of hydrogen-bond acceptors (Lipinski definition) is 4. The molecule has 6 heteroatoms. The summed E-state index contributed by atoms with van der Waals surface area (Å²) in [6, 6.07) is 0.961. The molecule has 2 unspecified atom stereocenters. The Hall–Kier alpha value is -1.30. The lowest BCUT2D eigenvalue weighted by Crippen LogP contribution is -2.39. The maximum Gasteiger partial charge on any atom is 0.407 e. The van der Waals surface area contributed by atoms with Crippen molar-refractivity contribution in [2.45, 2.75) is 83.0 Å². The van der Waals surface area contributed by atoms with Crippen molar-refractivity contribution >= 4 is 12.0 Å². The lowest BCUT2D eigenvalue weighted by molar-refractivity contribution is -0.121. The van der Waals surface area contributed by atoms with Gasteiger partial charge in [0, 0.05) is 31.1 Å². The topological polar surface area (TPSA) is 79.5 Å². The van der Waals surface area contributed by atoms with E-state index in [-0.39, 0.29) is 18.0 Å². The van der Waals surface area contributed by atoms with Crippen LogP contribution in [0, 0.1) is 0 Å². The van der Waals surface area contributed by atoms with Crippen molar-refractivity contribution in [2.75, 3.05) is 6.54 Å².